The van der Waals surface area contributed by atoms with Crippen LogP contribution < -0.4 is 0 Å². The zero-order valence-corrected chi connectivity index (χ0v) is 15.4. The highest BCUT2D eigenvalue weighted by molar-refractivity contribution is 5.27. The fraction of sp³-hybridized carbons (Fsp3) is 0.364. The van der Waals surface area contributed by atoms with E-state index in [2.05, 4.69) is 73.4 Å². The molecule has 0 heterocycles. The summed E-state index contributed by atoms with van der Waals surface area (Å²) >= 11 is 0. The van der Waals surface area contributed by atoms with E-state index in [9.17, 15) is 0 Å². The van der Waals surface area contributed by atoms with Crippen LogP contribution in [0.25, 0.3) is 0 Å². The molecule has 0 bridgehead atoms. The van der Waals surface area contributed by atoms with Crippen molar-refractivity contribution < 1.29 is 0 Å². The van der Waals surface area contributed by atoms with Crippen molar-refractivity contribution in [3.63, 3.8) is 0 Å². The summed E-state index contributed by atoms with van der Waals surface area (Å²) in [7, 11) is 0. The van der Waals surface area contributed by atoms with Crippen LogP contribution in [0.5, 0.6) is 0 Å². The molecule has 0 aliphatic heterocycles. The molecule has 0 nitrogen and oxygen atoms in total. The van der Waals surface area contributed by atoms with E-state index in [4.69, 9.17) is 0 Å². The molecule has 0 aromatic heterocycles. The molecule has 0 aliphatic carbocycles. The Labute approximate surface area is 138 Å². The fourth-order valence-corrected chi connectivity index (χ4v) is 1.54. The smallest absolute Gasteiger partial charge is 0.00258 e. The van der Waals surface area contributed by atoms with Crippen LogP contribution in [0, 0.1) is 18.8 Å². The summed E-state index contributed by atoms with van der Waals surface area (Å²) in [6, 6.07) is 19.3. The minimum absolute atomic E-state index is 1.03. The van der Waals surface area contributed by atoms with Gasteiger partial charge in [0.25, 0.3) is 0 Å². The van der Waals surface area contributed by atoms with E-state index in [0.717, 1.165) is 6.42 Å². The molecule has 0 aliphatic rings. The summed E-state index contributed by atoms with van der Waals surface area (Å²) in [5.74, 6) is 5.36. The number of hydrogen-bond donors (Lipinski definition) is 0. The quantitative estimate of drug-likeness (QED) is 0.543. The van der Waals surface area contributed by atoms with Crippen molar-refractivity contribution in [2.75, 3.05) is 0 Å². The lowest BCUT2D eigenvalue weighted by atomic mass is 10.0. The third-order valence-corrected chi connectivity index (χ3v) is 2.62. The molecule has 0 spiro atoms. The maximum Gasteiger partial charge on any atom is -0.00258 e. The molecule has 0 fully saturated rings. The minimum atomic E-state index is 1.03. The van der Waals surface area contributed by atoms with Crippen LogP contribution in [-0.2, 0) is 6.42 Å². The van der Waals surface area contributed by atoms with Gasteiger partial charge in [-0.2, -0.15) is 0 Å². The van der Waals surface area contributed by atoms with Gasteiger partial charge in [-0.25, -0.2) is 0 Å². The molecular formula is C22H32. The average molecular weight is 296 g/mol. The Morgan fingerprint density at radius 1 is 0.636 bits per heavy atom. The molecule has 22 heavy (non-hydrogen) atoms. The zero-order valence-electron chi connectivity index (χ0n) is 15.4. The van der Waals surface area contributed by atoms with Gasteiger partial charge in [-0.15, -0.1) is 11.8 Å². The first-order valence-electron chi connectivity index (χ1n) is 8.19. The Morgan fingerprint density at radius 2 is 1.05 bits per heavy atom. The van der Waals surface area contributed by atoms with Gasteiger partial charge in [-0.3, -0.25) is 0 Å². The zero-order chi connectivity index (χ0) is 17.2. The van der Waals surface area contributed by atoms with Crippen LogP contribution in [0.1, 0.15) is 58.2 Å². The van der Waals surface area contributed by atoms with Crippen LogP contribution in [0.3, 0.4) is 0 Å². The third kappa shape index (κ3) is 11.8. The normalized spacial score (nSPS) is 7.59. The Hall–Kier alpha value is -2.00. The third-order valence-electron chi connectivity index (χ3n) is 2.62. The number of benzene rings is 2. The lowest BCUT2D eigenvalue weighted by Gasteiger charge is -2.01. The van der Waals surface area contributed by atoms with Crippen LogP contribution in [0.2, 0.25) is 0 Å². The van der Waals surface area contributed by atoms with Gasteiger partial charge < -0.3 is 0 Å². The second-order valence-electron chi connectivity index (χ2n) is 4.15. The molecule has 120 valence electrons. The molecule has 0 saturated carbocycles. The topological polar surface area (TPSA) is 0 Å². The van der Waals surface area contributed by atoms with Gasteiger partial charge in [0.2, 0.25) is 0 Å². The molecule has 0 amide bonds. The van der Waals surface area contributed by atoms with Crippen LogP contribution >= 0.6 is 0 Å². The summed E-state index contributed by atoms with van der Waals surface area (Å²) in [5.41, 5.74) is 4.07. The molecule has 2 aromatic carbocycles. The number of aryl methyl sites for hydroxylation is 1. The van der Waals surface area contributed by atoms with Crippen LogP contribution in [0.4, 0.5) is 0 Å². The molecule has 0 radical (unpaired) electrons. The second kappa shape index (κ2) is 17.1. The van der Waals surface area contributed by atoms with Crippen molar-refractivity contribution in [1.82, 2.24) is 0 Å². The van der Waals surface area contributed by atoms with Crippen molar-refractivity contribution in [3.8, 4) is 11.8 Å². The average Bonchev–Trinajstić information content (AvgIpc) is 2.62. The lowest BCUT2D eigenvalue weighted by molar-refractivity contribution is 1.19. The molecule has 0 saturated heterocycles. The van der Waals surface area contributed by atoms with Gasteiger partial charge in [0.1, 0.15) is 0 Å². The Kier molecular flexibility index (Phi) is 17.3. The first-order valence-corrected chi connectivity index (χ1v) is 8.19. The summed E-state index contributed by atoms with van der Waals surface area (Å²) in [6.45, 7) is 13.8. The highest BCUT2D eigenvalue weighted by atomic mass is 14.0. The molecule has 2 rings (SSSR count). The van der Waals surface area contributed by atoms with Gasteiger partial charge in [-0.1, -0.05) is 87.9 Å². The van der Waals surface area contributed by atoms with E-state index in [1.165, 1.54) is 16.7 Å². The van der Waals surface area contributed by atoms with E-state index < -0.39 is 0 Å². The first kappa shape index (κ1) is 22.3. The summed E-state index contributed by atoms with van der Waals surface area (Å²) in [5, 5.41) is 0. The Balaban J connectivity index is 0. The van der Waals surface area contributed by atoms with Gasteiger partial charge in [0, 0.05) is 0 Å². The van der Waals surface area contributed by atoms with E-state index in [0.29, 0.717) is 0 Å². The second-order valence-corrected chi connectivity index (χ2v) is 4.15. The van der Waals surface area contributed by atoms with E-state index in [1.807, 2.05) is 41.5 Å². The first-order chi connectivity index (χ1) is 10.8. The molecule has 0 heteroatoms. The van der Waals surface area contributed by atoms with Crippen molar-refractivity contribution in [2.45, 2.75) is 54.9 Å². The monoisotopic (exact) mass is 296 g/mol. The van der Waals surface area contributed by atoms with Gasteiger partial charge >= 0.3 is 0 Å². The van der Waals surface area contributed by atoms with E-state index in [1.54, 1.807) is 0 Å². The van der Waals surface area contributed by atoms with E-state index >= 15 is 0 Å². The SMILES string of the molecule is CC.CC.CC#CC.Cc1ccc(Cc2ccccc2)cc1. The van der Waals surface area contributed by atoms with Gasteiger partial charge in [0.15, 0.2) is 0 Å². The Morgan fingerprint density at radius 3 is 1.45 bits per heavy atom. The summed E-state index contributed by atoms with van der Waals surface area (Å²) in [4.78, 5) is 0. The highest BCUT2D eigenvalue weighted by Gasteiger charge is 1.94. The lowest BCUT2D eigenvalue weighted by Crippen LogP contribution is -1.86. The minimum Gasteiger partial charge on any atom is -0.107 e. The van der Waals surface area contributed by atoms with Gasteiger partial charge in [-0.05, 0) is 38.3 Å². The van der Waals surface area contributed by atoms with Crippen molar-refractivity contribution in [3.05, 3.63) is 71.3 Å². The molecule has 0 unspecified atom stereocenters. The van der Waals surface area contributed by atoms with Crippen LogP contribution in [-0.4, -0.2) is 0 Å². The molecule has 0 N–H and O–H groups in total. The molecular weight excluding hydrogens is 264 g/mol. The predicted molar refractivity (Wildman–Crippen MR) is 102 cm³/mol. The number of hydrogen-bond acceptors (Lipinski definition) is 0. The predicted octanol–water partition coefficient (Wildman–Crippen LogP) is 6.67. The maximum atomic E-state index is 2.68. The molecule has 2 aromatic rings. The summed E-state index contributed by atoms with van der Waals surface area (Å²) in [6.07, 6.45) is 1.03. The maximum absolute atomic E-state index is 2.68. The van der Waals surface area contributed by atoms with Crippen molar-refractivity contribution in [2.24, 2.45) is 0 Å². The largest absolute Gasteiger partial charge is 0.107 e. The van der Waals surface area contributed by atoms with E-state index in [-0.39, 0.29) is 0 Å². The number of rotatable bonds is 2. The van der Waals surface area contributed by atoms with Crippen LogP contribution in [0.15, 0.2) is 54.6 Å². The summed E-state index contributed by atoms with van der Waals surface area (Å²) < 4.78 is 0. The van der Waals surface area contributed by atoms with Gasteiger partial charge in [0.05, 0.1) is 0 Å². The van der Waals surface area contributed by atoms with Crippen molar-refractivity contribution >= 4 is 0 Å². The Bertz CT molecular complexity index is 489. The van der Waals surface area contributed by atoms with Crippen molar-refractivity contribution in [1.29, 1.82) is 0 Å². The highest BCUT2D eigenvalue weighted by Crippen LogP contribution is 2.09. The molecule has 0 atom stereocenters. The fourth-order valence-electron chi connectivity index (χ4n) is 1.54. The standard InChI is InChI=1S/C14H14.C4H6.2C2H6/c1-12-7-9-14(10-8-12)11-13-5-3-2-4-6-13;1-3-4-2;2*1-2/h2-10H,11H2,1H3;1-2H3;2*1-2H3.